The number of carbonyl (C=O) groups excluding carboxylic acids is 1. The predicted molar refractivity (Wildman–Crippen MR) is 61.8 cm³/mol. The van der Waals surface area contributed by atoms with Gasteiger partial charge < -0.3 is 11.1 Å². The van der Waals surface area contributed by atoms with Gasteiger partial charge in [0.1, 0.15) is 0 Å². The van der Waals surface area contributed by atoms with Crippen LogP contribution in [0.1, 0.15) is 10.4 Å². The molecule has 0 saturated carbocycles. The summed E-state index contributed by atoms with van der Waals surface area (Å²) in [6, 6.07) is 11.2. The van der Waals surface area contributed by atoms with Gasteiger partial charge in [-0.3, -0.25) is 4.79 Å². The highest BCUT2D eigenvalue weighted by atomic mass is 16.1. The summed E-state index contributed by atoms with van der Waals surface area (Å²) in [4.78, 5) is 11.4. The third kappa shape index (κ3) is 1.76. The van der Waals surface area contributed by atoms with Crippen LogP contribution in [0.25, 0.3) is 10.8 Å². The van der Waals surface area contributed by atoms with Gasteiger partial charge >= 0.3 is 0 Å². The van der Waals surface area contributed by atoms with Crippen molar-refractivity contribution in [3.05, 3.63) is 42.0 Å². The van der Waals surface area contributed by atoms with E-state index >= 15 is 0 Å². The standard InChI is InChI=1S/C12H12N2O/c1-14-12(15)10-3-2-9-7-11(13)5-4-8(9)6-10/h2-7H,13H2,1H3,(H,14,15). The lowest BCUT2D eigenvalue weighted by Crippen LogP contribution is -2.17. The van der Waals surface area contributed by atoms with E-state index in [-0.39, 0.29) is 5.91 Å². The second kappa shape index (κ2) is 3.61. The van der Waals surface area contributed by atoms with Gasteiger partial charge in [-0.05, 0) is 35.0 Å². The summed E-state index contributed by atoms with van der Waals surface area (Å²) in [5.41, 5.74) is 7.06. The molecular weight excluding hydrogens is 188 g/mol. The molecule has 2 aromatic carbocycles. The first kappa shape index (κ1) is 9.52. The maximum Gasteiger partial charge on any atom is 0.251 e. The number of amides is 1. The van der Waals surface area contributed by atoms with Crippen LogP contribution in [0.15, 0.2) is 36.4 Å². The van der Waals surface area contributed by atoms with Crippen molar-refractivity contribution >= 4 is 22.4 Å². The first-order chi connectivity index (χ1) is 7.20. The Morgan fingerprint density at radius 2 is 1.80 bits per heavy atom. The Kier molecular flexibility index (Phi) is 2.29. The molecule has 0 aliphatic rings. The summed E-state index contributed by atoms with van der Waals surface area (Å²) in [6.45, 7) is 0. The average Bonchev–Trinajstić information content (AvgIpc) is 2.27. The lowest BCUT2D eigenvalue weighted by molar-refractivity contribution is 0.0963. The number of hydrogen-bond acceptors (Lipinski definition) is 2. The van der Waals surface area contributed by atoms with Gasteiger partial charge in [-0.1, -0.05) is 12.1 Å². The Balaban J connectivity index is 2.57. The summed E-state index contributed by atoms with van der Waals surface area (Å²) >= 11 is 0. The molecule has 0 bridgehead atoms. The molecule has 3 nitrogen and oxygen atoms in total. The molecule has 76 valence electrons. The largest absolute Gasteiger partial charge is 0.399 e. The van der Waals surface area contributed by atoms with E-state index in [0.717, 1.165) is 16.5 Å². The molecule has 0 radical (unpaired) electrons. The van der Waals surface area contributed by atoms with E-state index in [9.17, 15) is 4.79 Å². The first-order valence-electron chi connectivity index (χ1n) is 4.72. The molecular formula is C12H12N2O. The van der Waals surface area contributed by atoms with Crippen LogP contribution in [0, 0.1) is 0 Å². The fourth-order valence-corrected chi connectivity index (χ4v) is 1.55. The molecule has 0 aliphatic heterocycles. The highest BCUT2D eigenvalue weighted by molar-refractivity contribution is 5.98. The molecule has 0 fully saturated rings. The molecule has 0 saturated heterocycles. The smallest absolute Gasteiger partial charge is 0.251 e. The van der Waals surface area contributed by atoms with E-state index in [0.29, 0.717) is 5.56 Å². The number of nitrogens with one attached hydrogen (secondary N) is 1. The zero-order valence-corrected chi connectivity index (χ0v) is 8.45. The second-order valence-corrected chi connectivity index (χ2v) is 3.40. The summed E-state index contributed by atoms with van der Waals surface area (Å²) in [5.74, 6) is -0.0753. The number of anilines is 1. The van der Waals surface area contributed by atoms with Crippen LogP contribution in [0.3, 0.4) is 0 Å². The number of benzene rings is 2. The monoisotopic (exact) mass is 200 g/mol. The van der Waals surface area contributed by atoms with E-state index < -0.39 is 0 Å². The zero-order valence-electron chi connectivity index (χ0n) is 8.45. The van der Waals surface area contributed by atoms with Crippen LogP contribution in [-0.4, -0.2) is 13.0 Å². The lowest BCUT2D eigenvalue weighted by Gasteiger charge is -2.03. The summed E-state index contributed by atoms with van der Waals surface area (Å²) in [7, 11) is 1.62. The molecule has 0 unspecified atom stereocenters. The van der Waals surface area contributed by atoms with Crippen LogP contribution in [0.5, 0.6) is 0 Å². The average molecular weight is 200 g/mol. The number of rotatable bonds is 1. The van der Waals surface area contributed by atoms with Gasteiger partial charge in [0, 0.05) is 18.3 Å². The number of nitrogen functional groups attached to an aromatic ring is 1. The van der Waals surface area contributed by atoms with Crippen molar-refractivity contribution in [3.8, 4) is 0 Å². The van der Waals surface area contributed by atoms with E-state index in [4.69, 9.17) is 5.73 Å². The molecule has 3 N–H and O–H groups in total. The van der Waals surface area contributed by atoms with Crippen molar-refractivity contribution in [1.29, 1.82) is 0 Å². The first-order valence-corrected chi connectivity index (χ1v) is 4.72. The van der Waals surface area contributed by atoms with Crippen LogP contribution in [0.4, 0.5) is 5.69 Å². The molecule has 15 heavy (non-hydrogen) atoms. The summed E-state index contributed by atoms with van der Waals surface area (Å²) in [5, 5.41) is 4.66. The Morgan fingerprint density at radius 1 is 1.13 bits per heavy atom. The molecule has 2 aromatic rings. The van der Waals surface area contributed by atoms with Crippen molar-refractivity contribution in [2.75, 3.05) is 12.8 Å². The van der Waals surface area contributed by atoms with Gasteiger partial charge in [0.25, 0.3) is 5.91 Å². The van der Waals surface area contributed by atoms with E-state index in [1.807, 2.05) is 30.3 Å². The molecule has 0 aromatic heterocycles. The molecule has 3 heteroatoms. The normalized spacial score (nSPS) is 10.2. The second-order valence-electron chi connectivity index (χ2n) is 3.40. The van der Waals surface area contributed by atoms with Crippen molar-refractivity contribution in [2.45, 2.75) is 0 Å². The molecule has 1 amide bonds. The number of carbonyl (C=O) groups is 1. The minimum atomic E-state index is -0.0753. The predicted octanol–water partition coefficient (Wildman–Crippen LogP) is 1.78. The quantitative estimate of drug-likeness (QED) is 0.689. The van der Waals surface area contributed by atoms with Gasteiger partial charge in [-0.2, -0.15) is 0 Å². The van der Waals surface area contributed by atoms with Crippen molar-refractivity contribution < 1.29 is 4.79 Å². The molecule has 0 spiro atoms. The van der Waals surface area contributed by atoms with Crippen molar-refractivity contribution in [3.63, 3.8) is 0 Å². The molecule has 2 rings (SSSR count). The highest BCUT2D eigenvalue weighted by Crippen LogP contribution is 2.18. The van der Waals surface area contributed by atoms with Crippen LogP contribution < -0.4 is 11.1 Å². The van der Waals surface area contributed by atoms with Crippen LogP contribution >= 0.6 is 0 Å². The highest BCUT2D eigenvalue weighted by Gasteiger charge is 2.03. The van der Waals surface area contributed by atoms with Crippen molar-refractivity contribution in [1.82, 2.24) is 5.32 Å². The van der Waals surface area contributed by atoms with E-state index in [1.165, 1.54) is 0 Å². The van der Waals surface area contributed by atoms with E-state index in [1.54, 1.807) is 13.1 Å². The fourth-order valence-electron chi connectivity index (χ4n) is 1.55. The number of fused-ring (bicyclic) bond motifs is 1. The lowest BCUT2D eigenvalue weighted by atomic mass is 10.1. The molecule has 0 aliphatic carbocycles. The van der Waals surface area contributed by atoms with Gasteiger partial charge in [0.05, 0.1) is 0 Å². The Hall–Kier alpha value is -2.03. The van der Waals surface area contributed by atoms with Crippen molar-refractivity contribution in [2.24, 2.45) is 0 Å². The summed E-state index contributed by atoms with van der Waals surface area (Å²) in [6.07, 6.45) is 0. The van der Waals surface area contributed by atoms with Crippen LogP contribution in [0.2, 0.25) is 0 Å². The minimum absolute atomic E-state index is 0.0753. The maximum absolute atomic E-state index is 11.4. The Morgan fingerprint density at radius 3 is 2.53 bits per heavy atom. The minimum Gasteiger partial charge on any atom is -0.399 e. The summed E-state index contributed by atoms with van der Waals surface area (Å²) < 4.78 is 0. The number of nitrogens with two attached hydrogens (primary N) is 1. The Labute approximate surface area is 87.9 Å². The molecule has 0 heterocycles. The zero-order chi connectivity index (χ0) is 10.8. The van der Waals surface area contributed by atoms with Gasteiger partial charge in [-0.15, -0.1) is 0 Å². The molecule has 0 atom stereocenters. The fraction of sp³-hybridized carbons (Fsp3) is 0.0833. The SMILES string of the molecule is CNC(=O)c1ccc2cc(N)ccc2c1. The Bertz CT molecular complexity index is 520. The topological polar surface area (TPSA) is 55.1 Å². The number of hydrogen-bond donors (Lipinski definition) is 2. The third-order valence-corrected chi connectivity index (χ3v) is 2.35. The van der Waals surface area contributed by atoms with Gasteiger partial charge in [0.15, 0.2) is 0 Å². The third-order valence-electron chi connectivity index (χ3n) is 2.35. The van der Waals surface area contributed by atoms with Gasteiger partial charge in [-0.25, -0.2) is 0 Å². The van der Waals surface area contributed by atoms with Crippen LogP contribution in [-0.2, 0) is 0 Å². The van der Waals surface area contributed by atoms with Gasteiger partial charge in [0.2, 0.25) is 0 Å². The van der Waals surface area contributed by atoms with E-state index in [2.05, 4.69) is 5.32 Å². The maximum atomic E-state index is 11.4.